The molecule has 134 valence electrons. The second-order valence-electron chi connectivity index (χ2n) is 5.20. The van der Waals surface area contributed by atoms with E-state index in [-0.39, 0.29) is 29.8 Å². The number of nitrogens with one attached hydrogen (secondary N) is 1. The van der Waals surface area contributed by atoms with Gasteiger partial charge < -0.3 is 20.0 Å². The van der Waals surface area contributed by atoms with Crippen LogP contribution < -0.4 is 5.32 Å². The lowest BCUT2D eigenvalue weighted by Crippen LogP contribution is -2.23. The van der Waals surface area contributed by atoms with Crippen molar-refractivity contribution < 1.29 is 14.2 Å². The Kier molecular flexibility index (Phi) is 4.89. The molecule has 0 saturated carbocycles. The van der Waals surface area contributed by atoms with Gasteiger partial charge in [0.1, 0.15) is 6.54 Å². The normalized spacial score (nSPS) is 10.7. The van der Waals surface area contributed by atoms with Crippen LogP contribution in [0.1, 0.15) is 27.8 Å². The molecule has 26 heavy (non-hydrogen) atoms. The van der Waals surface area contributed by atoms with Gasteiger partial charge in [-0.05, 0) is 23.5 Å². The van der Waals surface area contributed by atoms with Gasteiger partial charge in [0.25, 0.3) is 0 Å². The average Bonchev–Trinajstić information content (AvgIpc) is 3.21. The molecule has 0 atom stereocenters. The summed E-state index contributed by atoms with van der Waals surface area (Å²) in [7, 11) is 0. The molecule has 0 aliphatic heterocycles. The maximum absolute atomic E-state index is 12.0. The van der Waals surface area contributed by atoms with E-state index in [0.29, 0.717) is 5.69 Å². The van der Waals surface area contributed by atoms with E-state index in [1.165, 1.54) is 4.68 Å². The molecule has 3 aromatic heterocycles. The predicted octanol–water partition coefficient (Wildman–Crippen LogP) is 1.51. The Balaban J connectivity index is 1.67. The lowest BCUT2D eigenvalue weighted by Gasteiger charge is -2.00. The number of halogens is 1. The molecule has 0 radical (unpaired) electrons. The second kappa shape index (κ2) is 7.27. The summed E-state index contributed by atoms with van der Waals surface area (Å²) in [4.78, 5) is 30.1. The van der Waals surface area contributed by atoms with Crippen LogP contribution >= 0.6 is 11.6 Å². The molecule has 1 amide bonds. The van der Waals surface area contributed by atoms with Crippen molar-refractivity contribution in [1.82, 2.24) is 30.2 Å². The Bertz CT molecular complexity index is 954. The minimum Gasteiger partial charge on any atom is -0.358 e. The molecule has 0 fully saturated rings. The predicted molar refractivity (Wildman–Crippen MR) is 87.4 cm³/mol. The average molecular weight is 378 g/mol. The van der Waals surface area contributed by atoms with Crippen molar-refractivity contribution >= 4 is 23.3 Å². The van der Waals surface area contributed by atoms with E-state index in [9.17, 15) is 14.9 Å². The standard InChI is InChI=1S/C14H12ClN7O4/c1-8-11(15)12(22(24)25)19-21(8)7-10-18-14(26-20-10)13(23)17-6-9-3-2-4-16-5-9/h2-5H,6-7H2,1H3,(H,17,23). The fourth-order valence-electron chi connectivity index (χ4n) is 2.08. The molecule has 1 N–H and O–H groups in total. The Morgan fingerprint density at radius 1 is 1.50 bits per heavy atom. The van der Waals surface area contributed by atoms with Crippen LogP contribution in [0.25, 0.3) is 0 Å². The summed E-state index contributed by atoms with van der Waals surface area (Å²) in [6.07, 6.45) is 3.25. The van der Waals surface area contributed by atoms with E-state index in [1.807, 2.05) is 6.07 Å². The van der Waals surface area contributed by atoms with Gasteiger partial charge in [-0.3, -0.25) is 9.78 Å². The first-order valence-electron chi connectivity index (χ1n) is 7.32. The molecule has 3 heterocycles. The number of rotatable bonds is 6. The number of pyridine rings is 1. The van der Waals surface area contributed by atoms with Crippen molar-refractivity contribution in [2.24, 2.45) is 0 Å². The zero-order chi connectivity index (χ0) is 18.7. The molecular formula is C14H12ClN7O4. The summed E-state index contributed by atoms with van der Waals surface area (Å²) < 4.78 is 6.18. The smallest absolute Gasteiger partial charge is 0.358 e. The van der Waals surface area contributed by atoms with Gasteiger partial charge in [0.15, 0.2) is 10.8 Å². The molecule has 3 rings (SSSR count). The van der Waals surface area contributed by atoms with Gasteiger partial charge >= 0.3 is 17.6 Å². The highest BCUT2D eigenvalue weighted by Crippen LogP contribution is 2.26. The van der Waals surface area contributed by atoms with Crippen LogP contribution in [0.2, 0.25) is 5.02 Å². The maximum Gasteiger partial charge on any atom is 0.408 e. The van der Waals surface area contributed by atoms with Crippen LogP contribution in [0.4, 0.5) is 5.82 Å². The lowest BCUT2D eigenvalue weighted by atomic mass is 10.3. The first kappa shape index (κ1) is 17.5. The molecule has 0 spiro atoms. The number of carbonyl (C=O) groups is 1. The second-order valence-corrected chi connectivity index (χ2v) is 5.58. The fourth-order valence-corrected chi connectivity index (χ4v) is 2.29. The summed E-state index contributed by atoms with van der Waals surface area (Å²) in [5.41, 5.74) is 1.19. The van der Waals surface area contributed by atoms with E-state index >= 15 is 0 Å². The number of carbonyl (C=O) groups excluding carboxylic acids is 1. The Labute approximate surface area is 151 Å². The Morgan fingerprint density at radius 3 is 2.96 bits per heavy atom. The third kappa shape index (κ3) is 3.67. The van der Waals surface area contributed by atoms with Gasteiger partial charge in [-0.15, -0.1) is 0 Å². The van der Waals surface area contributed by atoms with Gasteiger partial charge in [0.2, 0.25) is 0 Å². The SMILES string of the molecule is Cc1c(Cl)c([N+](=O)[O-])nn1Cc1noc(C(=O)NCc2cccnc2)n1. The van der Waals surface area contributed by atoms with Crippen LogP contribution in [0.3, 0.4) is 0 Å². The highest BCUT2D eigenvalue weighted by molar-refractivity contribution is 6.33. The van der Waals surface area contributed by atoms with Gasteiger partial charge in [-0.25, -0.2) is 0 Å². The number of hydrogen-bond acceptors (Lipinski definition) is 8. The highest BCUT2D eigenvalue weighted by Gasteiger charge is 2.25. The third-order valence-corrected chi connectivity index (χ3v) is 3.86. The van der Waals surface area contributed by atoms with Gasteiger partial charge in [0.05, 0.1) is 10.8 Å². The van der Waals surface area contributed by atoms with Crippen LogP contribution in [-0.4, -0.2) is 35.7 Å². The van der Waals surface area contributed by atoms with Crippen molar-refractivity contribution in [3.8, 4) is 0 Å². The number of hydrogen-bond donors (Lipinski definition) is 1. The van der Waals surface area contributed by atoms with E-state index in [4.69, 9.17) is 16.1 Å². The molecule has 0 aromatic carbocycles. The van der Waals surface area contributed by atoms with Crippen LogP contribution in [0.15, 0.2) is 29.0 Å². The van der Waals surface area contributed by atoms with Gasteiger partial charge in [0, 0.05) is 18.9 Å². The zero-order valence-electron chi connectivity index (χ0n) is 13.4. The summed E-state index contributed by atoms with van der Waals surface area (Å²) >= 11 is 5.87. The summed E-state index contributed by atoms with van der Waals surface area (Å²) in [6, 6.07) is 3.56. The first-order chi connectivity index (χ1) is 12.5. The molecule has 12 heteroatoms. The quantitative estimate of drug-likeness (QED) is 0.503. The van der Waals surface area contributed by atoms with Crippen molar-refractivity contribution in [3.63, 3.8) is 0 Å². The topological polar surface area (TPSA) is 142 Å². The summed E-state index contributed by atoms with van der Waals surface area (Å²) in [5.74, 6) is -1.10. The number of aromatic nitrogens is 5. The minimum atomic E-state index is -0.681. The third-order valence-electron chi connectivity index (χ3n) is 3.42. The molecule has 11 nitrogen and oxygen atoms in total. The van der Waals surface area contributed by atoms with Crippen LogP contribution in [-0.2, 0) is 13.1 Å². The van der Waals surface area contributed by atoms with Crippen LogP contribution in [0, 0.1) is 17.0 Å². The highest BCUT2D eigenvalue weighted by atomic mass is 35.5. The lowest BCUT2D eigenvalue weighted by molar-refractivity contribution is -0.389. The Hall–Kier alpha value is -3.34. The van der Waals surface area contributed by atoms with Crippen molar-refractivity contribution in [2.75, 3.05) is 0 Å². The molecule has 0 aliphatic rings. The maximum atomic E-state index is 12.0. The molecular weight excluding hydrogens is 366 g/mol. The zero-order valence-corrected chi connectivity index (χ0v) is 14.2. The van der Waals surface area contributed by atoms with E-state index in [0.717, 1.165) is 5.56 Å². The van der Waals surface area contributed by atoms with Crippen molar-refractivity contribution in [1.29, 1.82) is 0 Å². The van der Waals surface area contributed by atoms with E-state index in [2.05, 4.69) is 25.5 Å². The summed E-state index contributed by atoms with van der Waals surface area (Å²) in [6.45, 7) is 1.80. The van der Waals surface area contributed by atoms with Gasteiger partial charge in [-0.2, -0.15) is 9.67 Å². The van der Waals surface area contributed by atoms with E-state index in [1.54, 1.807) is 25.4 Å². The number of amides is 1. The molecule has 0 aliphatic carbocycles. The van der Waals surface area contributed by atoms with Crippen molar-refractivity contribution in [3.05, 3.63) is 62.6 Å². The number of nitro groups is 1. The monoisotopic (exact) mass is 377 g/mol. The van der Waals surface area contributed by atoms with Crippen molar-refractivity contribution in [2.45, 2.75) is 20.0 Å². The molecule has 0 saturated heterocycles. The van der Waals surface area contributed by atoms with Gasteiger partial charge in [-0.1, -0.05) is 22.8 Å². The van der Waals surface area contributed by atoms with Crippen LogP contribution in [0.5, 0.6) is 0 Å². The summed E-state index contributed by atoms with van der Waals surface area (Å²) in [5, 5.41) is 20.9. The fraction of sp³-hybridized carbons (Fsp3) is 0.214. The number of nitrogens with zero attached hydrogens (tertiary/aromatic N) is 6. The minimum absolute atomic E-state index is 0.0290. The molecule has 3 aromatic rings. The largest absolute Gasteiger partial charge is 0.408 e. The first-order valence-corrected chi connectivity index (χ1v) is 7.70. The van der Waals surface area contributed by atoms with E-state index < -0.39 is 16.6 Å². The molecule has 0 unspecified atom stereocenters. The Morgan fingerprint density at radius 2 is 2.31 bits per heavy atom. The molecule has 0 bridgehead atoms.